The number of rotatable bonds is 9. The Balaban J connectivity index is 1.59. The Labute approximate surface area is 155 Å². The maximum atomic E-state index is 12.1. The van der Waals surface area contributed by atoms with Crippen molar-refractivity contribution < 1.29 is 4.42 Å². The SMILES string of the molecule is CCCCCCCCCc1ccc(-c2nc3ccccc3c(=O)o2)cc1. The molecular weight excluding hydrogens is 322 g/mol. The van der Waals surface area contributed by atoms with Crippen LogP contribution in [-0.2, 0) is 6.42 Å². The van der Waals surface area contributed by atoms with E-state index in [1.54, 1.807) is 6.07 Å². The molecule has 0 saturated heterocycles. The molecule has 26 heavy (non-hydrogen) atoms. The molecule has 0 spiro atoms. The number of fused-ring (bicyclic) bond motifs is 1. The molecular formula is C23H27NO2. The number of hydrogen-bond donors (Lipinski definition) is 0. The molecule has 2 aromatic carbocycles. The number of aryl methyl sites for hydroxylation is 1. The van der Waals surface area contributed by atoms with Crippen molar-refractivity contribution >= 4 is 10.9 Å². The van der Waals surface area contributed by atoms with E-state index in [0.29, 0.717) is 16.8 Å². The number of aromatic nitrogens is 1. The van der Waals surface area contributed by atoms with Gasteiger partial charge in [-0.1, -0.05) is 69.7 Å². The Bertz CT molecular complexity index is 881. The van der Waals surface area contributed by atoms with Crippen LogP contribution in [-0.4, -0.2) is 4.98 Å². The first kappa shape index (κ1) is 18.4. The zero-order valence-corrected chi connectivity index (χ0v) is 15.5. The summed E-state index contributed by atoms with van der Waals surface area (Å²) in [7, 11) is 0. The zero-order valence-electron chi connectivity index (χ0n) is 15.5. The third-order valence-corrected chi connectivity index (χ3v) is 4.81. The van der Waals surface area contributed by atoms with Crippen molar-refractivity contribution in [2.75, 3.05) is 0 Å². The van der Waals surface area contributed by atoms with Crippen LogP contribution in [0.3, 0.4) is 0 Å². The second-order valence-corrected chi connectivity index (χ2v) is 6.89. The Kier molecular flexibility index (Phi) is 6.59. The first-order chi connectivity index (χ1) is 12.8. The van der Waals surface area contributed by atoms with Gasteiger partial charge in [-0.05, 0) is 42.7 Å². The number of nitrogens with zero attached hydrogens (tertiary/aromatic N) is 1. The van der Waals surface area contributed by atoms with Gasteiger partial charge in [-0.2, -0.15) is 0 Å². The van der Waals surface area contributed by atoms with Crippen LogP contribution in [0.1, 0.15) is 57.4 Å². The van der Waals surface area contributed by atoms with Crippen LogP contribution in [0.25, 0.3) is 22.4 Å². The second kappa shape index (κ2) is 9.33. The van der Waals surface area contributed by atoms with Crippen molar-refractivity contribution in [3.63, 3.8) is 0 Å². The van der Waals surface area contributed by atoms with E-state index < -0.39 is 0 Å². The highest BCUT2D eigenvalue weighted by atomic mass is 16.4. The molecule has 1 heterocycles. The molecule has 0 amide bonds. The Morgan fingerprint density at radius 1 is 0.846 bits per heavy atom. The van der Waals surface area contributed by atoms with Gasteiger partial charge in [0.2, 0.25) is 5.89 Å². The minimum Gasteiger partial charge on any atom is -0.403 e. The molecule has 3 nitrogen and oxygen atoms in total. The fraction of sp³-hybridized carbons (Fsp3) is 0.391. The molecule has 0 aliphatic carbocycles. The highest BCUT2D eigenvalue weighted by molar-refractivity contribution is 5.78. The predicted octanol–water partition coefficient (Wildman–Crippen LogP) is 6.15. The topological polar surface area (TPSA) is 43.1 Å². The lowest BCUT2D eigenvalue weighted by atomic mass is 10.0. The van der Waals surface area contributed by atoms with Gasteiger partial charge in [-0.25, -0.2) is 9.78 Å². The molecule has 0 N–H and O–H groups in total. The van der Waals surface area contributed by atoms with Gasteiger partial charge in [-0.3, -0.25) is 0 Å². The Morgan fingerprint density at radius 3 is 2.31 bits per heavy atom. The first-order valence-electron chi connectivity index (χ1n) is 9.77. The summed E-state index contributed by atoms with van der Waals surface area (Å²) >= 11 is 0. The van der Waals surface area contributed by atoms with Crippen molar-refractivity contribution in [1.29, 1.82) is 0 Å². The Morgan fingerprint density at radius 2 is 1.54 bits per heavy atom. The fourth-order valence-corrected chi connectivity index (χ4v) is 3.24. The third kappa shape index (κ3) is 4.81. The number of benzene rings is 2. The van der Waals surface area contributed by atoms with Crippen LogP contribution in [0.4, 0.5) is 0 Å². The average Bonchev–Trinajstić information content (AvgIpc) is 2.68. The maximum absolute atomic E-state index is 12.1. The summed E-state index contributed by atoms with van der Waals surface area (Å²) in [6, 6.07) is 15.5. The van der Waals surface area contributed by atoms with Crippen LogP contribution < -0.4 is 5.63 Å². The summed E-state index contributed by atoms with van der Waals surface area (Å²) in [5.74, 6) is 0.385. The molecule has 3 rings (SSSR count). The van der Waals surface area contributed by atoms with Crippen molar-refractivity contribution in [2.45, 2.75) is 58.3 Å². The van der Waals surface area contributed by atoms with Gasteiger partial charge < -0.3 is 4.42 Å². The predicted molar refractivity (Wildman–Crippen MR) is 107 cm³/mol. The van der Waals surface area contributed by atoms with Gasteiger partial charge in [0.1, 0.15) is 0 Å². The first-order valence-corrected chi connectivity index (χ1v) is 9.77. The van der Waals surface area contributed by atoms with Crippen LogP contribution >= 0.6 is 0 Å². The lowest BCUT2D eigenvalue weighted by Gasteiger charge is -2.05. The molecule has 0 aliphatic rings. The lowest BCUT2D eigenvalue weighted by molar-refractivity contribution is 0.518. The number of para-hydroxylation sites is 1. The summed E-state index contributed by atoms with van der Waals surface area (Å²) in [6.45, 7) is 2.25. The smallest absolute Gasteiger partial charge is 0.347 e. The summed E-state index contributed by atoms with van der Waals surface area (Å²) < 4.78 is 5.40. The number of hydrogen-bond acceptors (Lipinski definition) is 3. The highest BCUT2D eigenvalue weighted by Gasteiger charge is 2.08. The quantitative estimate of drug-likeness (QED) is 0.435. The van der Waals surface area contributed by atoms with Gasteiger partial charge in [0.05, 0.1) is 10.9 Å². The van der Waals surface area contributed by atoms with E-state index in [9.17, 15) is 4.79 Å². The Hall–Kier alpha value is -2.42. The van der Waals surface area contributed by atoms with E-state index in [1.807, 2.05) is 30.3 Å². The average molecular weight is 349 g/mol. The van der Waals surface area contributed by atoms with Crippen molar-refractivity contribution in [2.24, 2.45) is 0 Å². The largest absolute Gasteiger partial charge is 0.403 e. The van der Waals surface area contributed by atoms with E-state index in [0.717, 1.165) is 12.0 Å². The molecule has 0 unspecified atom stereocenters. The van der Waals surface area contributed by atoms with Crippen LogP contribution in [0.15, 0.2) is 57.7 Å². The summed E-state index contributed by atoms with van der Waals surface area (Å²) in [5, 5.41) is 0.520. The molecule has 0 bridgehead atoms. The van der Waals surface area contributed by atoms with Crippen molar-refractivity contribution in [3.05, 3.63) is 64.5 Å². The van der Waals surface area contributed by atoms with Gasteiger partial charge in [0.25, 0.3) is 0 Å². The molecule has 1 aromatic heterocycles. The van der Waals surface area contributed by atoms with Gasteiger partial charge in [-0.15, -0.1) is 0 Å². The highest BCUT2D eigenvalue weighted by Crippen LogP contribution is 2.20. The van der Waals surface area contributed by atoms with Crippen LogP contribution in [0, 0.1) is 0 Å². The molecule has 0 aliphatic heterocycles. The molecule has 3 aromatic rings. The van der Waals surface area contributed by atoms with Crippen LogP contribution in [0.5, 0.6) is 0 Å². The van der Waals surface area contributed by atoms with Gasteiger partial charge >= 0.3 is 5.63 Å². The lowest BCUT2D eigenvalue weighted by Crippen LogP contribution is -2.02. The van der Waals surface area contributed by atoms with E-state index >= 15 is 0 Å². The minimum absolute atomic E-state index is 0.335. The fourth-order valence-electron chi connectivity index (χ4n) is 3.24. The molecule has 0 radical (unpaired) electrons. The monoisotopic (exact) mass is 349 g/mol. The molecule has 0 atom stereocenters. The van der Waals surface area contributed by atoms with Gasteiger partial charge in [0, 0.05) is 5.56 Å². The van der Waals surface area contributed by atoms with Crippen molar-refractivity contribution in [3.8, 4) is 11.5 Å². The summed E-state index contributed by atoms with van der Waals surface area (Å²) in [4.78, 5) is 16.6. The van der Waals surface area contributed by atoms with Crippen LogP contribution in [0.2, 0.25) is 0 Å². The minimum atomic E-state index is -0.335. The van der Waals surface area contributed by atoms with E-state index in [-0.39, 0.29) is 5.63 Å². The van der Waals surface area contributed by atoms with Gasteiger partial charge in [0.15, 0.2) is 0 Å². The zero-order chi connectivity index (χ0) is 18.2. The molecule has 0 saturated carbocycles. The molecule has 136 valence electrons. The second-order valence-electron chi connectivity index (χ2n) is 6.89. The summed E-state index contributed by atoms with van der Waals surface area (Å²) in [5.41, 5.74) is 2.50. The maximum Gasteiger partial charge on any atom is 0.347 e. The number of unbranched alkanes of at least 4 members (excludes halogenated alkanes) is 6. The standard InChI is InChI=1S/C23H27NO2/c1-2-3-4-5-6-7-8-11-18-14-16-19(17-15-18)22-24-21-13-10-9-12-20(21)23(25)26-22/h9-10,12-17H,2-8,11H2,1H3. The molecule has 3 heteroatoms. The van der Waals surface area contributed by atoms with E-state index in [1.165, 1.54) is 50.5 Å². The third-order valence-electron chi connectivity index (χ3n) is 4.81. The van der Waals surface area contributed by atoms with E-state index in [4.69, 9.17) is 4.42 Å². The van der Waals surface area contributed by atoms with Crippen molar-refractivity contribution in [1.82, 2.24) is 4.98 Å². The summed E-state index contributed by atoms with van der Waals surface area (Å²) in [6.07, 6.45) is 10.4. The molecule has 0 fully saturated rings. The van der Waals surface area contributed by atoms with E-state index in [2.05, 4.69) is 24.0 Å². The normalized spacial score (nSPS) is 11.1.